The molecule has 1 aliphatic heterocycles. The van der Waals surface area contributed by atoms with Crippen LogP contribution in [0, 0.1) is 0 Å². The van der Waals surface area contributed by atoms with Crippen molar-refractivity contribution in [3.05, 3.63) is 18.5 Å². The van der Waals surface area contributed by atoms with Gasteiger partial charge >= 0.3 is 0 Å². The number of aromatic nitrogens is 4. The highest BCUT2D eigenvalue weighted by Gasteiger charge is 2.18. The van der Waals surface area contributed by atoms with Crippen molar-refractivity contribution in [2.75, 3.05) is 43.6 Å². The van der Waals surface area contributed by atoms with Crippen LogP contribution in [0.1, 0.15) is 0 Å². The van der Waals surface area contributed by atoms with Crippen LogP contribution < -0.4 is 16.2 Å². The van der Waals surface area contributed by atoms with E-state index in [1.165, 1.54) is 0 Å². The van der Waals surface area contributed by atoms with E-state index >= 15 is 0 Å². The highest BCUT2D eigenvalue weighted by atomic mass is 15.3. The molecule has 0 aromatic carbocycles. The van der Waals surface area contributed by atoms with E-state index in [9.17, 15) is 0 Å². The molecule has 3 heterocycles. The van der Waals surface area contributed by atoms with Gasteiger partial charge in [0.25, 0.3) is 0 Å². The first-order chi connectivity index (χ1) is 10.2. The molecule has 8 nitrogen and oxygen atoms in total. The maximum absolute atomic E-state index is 5.53. The molecule has 0 spiro atoms. The van der Waals surface area contributed by atoms with Crippen molar-refractivity contribution in [2.45, 2.75) is 0 Å². The summed E-state index contributed by atoms with van der Waals surface area (Å²) in [6.45, 7) is 3.84. The first kappa shape index (κ1) is 13.8. The Labute approximate surface area is 123 Å². The van der Waals surface area contributed by atoms with Crippen LogP contribution in [-0.2, 0) is 7.05 Å². The van der Waals surface area contributed by atoms with E-state index in [0.717, 1.165) is 37.4 Å². The van der Waals surface area contributed by atoms with Gasteiger partial charge in [0.2, 0.25) is 5.95 Å². The molecule has 0 radical (unpaired) electrons. The van der Waals surface area contributed by atoms with Gasteiger partial charge in [0.15, 0.2) is 0 Å². The molecule has 112 valence electrons. The fourth-order valence-corrected chi connectivity index (χ4v) is 2.36. The highest BCUT2D eigenvalue weighted by molar-refractivity contribution is 5.63. The molecule has 1 aliphatic rings. The normalized spacial score (nSPS) is 16.2. The van der Waals surface area contributed by atoms with Gasteiger partial charge in [0, 0.05) is 51.1 Å². The quantitative estimate of drug-likeness (QED) is 0.603. The Morgan fingerprint density at radius 3 is 2.52 bits per heavy atom. The summed E-state index contributed by atoms with van der Waals surface area (Å²) < 4.78 is 1.75. The molecular formula is C13H20N8. The van der Waals surface area contributed by atoms with E-state index in [2.05, 4.69) is 37.3 Å². The summed E-state index contributed by atoms with van der Waals surface area (Å²) in [6, 6.07) is 1.83. The Bertz CT molecular complexity index is 614. The molecule has 0 unspecified atom stereocenters. The Kier molecular flexibility index (Phi) is 3.72. The predicted octanol–water partition coefficient (Wildman–Crippen LogP) is -0.0855. The summed E-state index contributed by atoms with van der Waals surface area (Å²) in [6.07, 6.45) is 3.72. The SMILES string of the molecule is CN1CCN(c2nc(NN)cc(-c3cnn(C)c3)n2)CC1. The van der Waals surface area contributed by atoms with E-state index in [-0.39, 0.29) is 0 Å². The van der Waals surface area contributed by atoms with Gasteiger partial charge in [-0.05, 0) is 7.05 Å². The number of hydrogen-bond donors (Lipinski definition) is 2. The number of rotatable bonds is 3. The average molecular weight is 288 g/mol. The van der Waals surface area contributed by atoms with Crippen molar-refractivity contribution >= 4 is 11.8 Å². The van der Waals surface area contributed by atoms with Crippen LogP contribution in [0.5, 0.6) is 0 Å². The maximum atomic E-state index is 5.53. The van der Waals surface area contributed by atoms with E-state index in [1.807, 2.05) is 19.3 Å². The zero-order valence-electron chi connectivity index (χ0n) is 12.3. The molecule has 8 heteroatoms. The van der Waals surface area contributed by atoms with Gasteiger partial charge in [-0.3, -0.25) is 4.68 Å². The van der Waals surface area contributed by atoms with E-state index in [4.69, 9.17) is 5.84 Å². The molecule has 0 amide bonds. The average Bonchev–Trinajstić information content (AvgIpc) is 2.94. The van der Waals surface area contributed by atoms with Gasteiger partial charge < -0.3 is 15.2 Å². The molecule has 1 fully saturated rings. The Hall–Kier alpha value is -2.19. The van der Waals surface area contributed by atoms with Crippen LogP contribution in [0.25, 0.3) is 11.3 Å². The lowest BCUT2D eigenvalue weighted by Crippen LogP contribution is -2.45. The number of nitrogens with zero attached hydrogens (tertiary/aromatic N) is 6. The van der Waals surface area contributed by atoms with E-state index in [1.54, 1.807) is 10.9 Å². The molecule has 3 N–H and O–H groups in total. The zero-order chi connectivity index (χ0) is 14.8. The fourth-order valence-electron chi connectivity index (χ4n) is 2.36. The smallest absolute Gasteiger partial charge is 0.228 e. The van der Waals surface area contributed by atoms with Crippen LogP contribution in [0.15, 0.2) is 18.5 Å². The van der Waals surface area contributed by atoms with Crippen molar-refractivity contribution in [3.8, 4) is 11.3 Å². The van der Waals surface area contributed by atoms with Crippen LogP contribution in [0.4, 0.5) is 11.8 Å². The molecule has 0 aliphatic carbocycles. The summed E-state index contributed by atoms with van der Waals surface area (Å²) >= 11 is 0. The van der Waals surface area contributed by atoms with Gasteiger partial charge in [-0.1, -0.05) is 0 Å². The predicted molar refractivity (Wildman–Crippen MR) is 81.8 cm³/mol. The fraction of sp³-hybridized carbons (Fsp3) is 0.462. The van der Waals surface area contributed by atoms with Crippen LogP contribution >= 0.6 is 0 Å². The zero-order valence-corrected chi connectivity index (χ0v) is 12.3. The Morgan fingerprint density at radius 1 is 1.14 bits per heavy atom. The summed E-state index contributed by atoms with van der Waals surface area (Å²) in [5.74, 6) is 6.85. The van der Waals surface area contributed by atoms with Crippen molar-refractivity contribution in [3.63, 3.8) is 0 Å². The number of aryl methyl sites for hydroxylation is 1. The molecule has 2 aromatic rings. The lowest BCUT2D eigenvalue weighted by molar-refractivity contribution is 0.311. The maximum Gasteiger partial charge on any atom is 0.228 e. The molecule has 0 bridgehead atoms. The topological polar surface area (TPSA) is 88.1 Å². The summed E-state index contributed by atoms with van der Waals surface area (Å²) in [5, 5.41) is 4.18. The summed E-state index contributed by atoms with van der Waals surface area (Å²) in [5.41, 5.74) is 4.39. The number of hydrogen-bond acceptors (Lipinski definition) is 7. The largest absolute Gasteiger partial charge is 0.338 e. The van der Waals surface area contributed by atoms with Gasteiger partial charge in [0.1, 0.15) is 5.82 Å². The Balaban J connectivity index is 1.93. The molecule has 2 aromatic heterocycles. The number of nitrogen functional groups attached to an aromatic ring is 1. The molecule has 21 heavy (non-hydrogen) atoms. The van der Waals surface area contributed by atoms with E-state index in [0.29, 0.717) is 11.8 Å². The van der Waals surface area contributed by atoms with Crippen molar-refractivity contribution in [2.24, 2.45) is 12.9 Å². The third kappa shape index (κ3) is 2.96. The van der Waals surface area contributed by atoms with Crippen LogP contribution in [0.2, 0.25) is 0 Å². The number of nitrogens with one attached hydrogen (secondary N) is 1. The third-order valence-electron chi connectivity index (χ3n) is 3.65. The summed E-state index contributed by atoms with van der Waals surface area (Å²) in [7, 11) is 4.01. The van der Waals surface area contributed by atoms with Gasteiger partial charge in [-0.25, -0.2) is 10.8 Å². The Morgan fingerprint density at radius 2 is 1.90 bits per heavy atom. The first-order valence-electron chi connectivity index (χ1n) is 6.94. The third-order valence-corrected chi connectivity index (χ3v) is 3.65. The molecule has 3 rings (SSSR count). The van der Waals surface area contributed by atoms with Gasteiger partial charge in [-0.2, -0.15) is 10.1 Å². The monoisotopic (exact) mass is 288 g/mol. The minimum atomic E-state index is 0.609. The standard InChI is InChI=1S/C13H20N8/c1-19-3-5-21(6-4-19)13-16-11(7-12(17-13)18-14)10-8-15-20(2)9-10/h7-9H,3-6,14H2,1-2H3,(H,16,17,18). The number of likely N-dealkylation sites (N-methyl/N-ethyl adjacent to an activating group) is 1. The molecule has 0 saturated carbocycles. The molecule has 0 atom stereocenters. The van der Waals surface area contributed by atoms with Crippen molar-refractivity contribution in [1.29, 1.82) is 0 Å². The highest BCUT2D eigenvalue weighted by Crippen LogP contribution is 2.22. The minimum absolute atomic E-state index is 0.609. The van der Waals surface area contributed by atoms with Gasteiger partial charge in [-0.15, -0.1) is 0 Å². The number of anilines is 2. The number of hydrazine groups is 1. The summed E-state index contributed by atoms with van der Waals surface area (Å²) in [4.78, 5) is 13.6. The van der Waals surface area contributed by atoms with E-state index < -0.39 is 0 Å². The molecule has 1 saturated heterocycles. The lowest BCUT2D eigenvalue weighted by Gasteiger charge is -2.32. The van der Waals surface area contributed by atoms with Crippen molar-refractivity contribution in [1.82, 2.24) is 24.6 Å². The molecular weight excluding hydrogens is 268 g/mol. The second-order valence-corrected chi connectivity index (χ2v) is 5.28. The van der Waals surface area contributed by atoms with Crippen molar-refractivity contribution < 1.29 is 0 Å². The first-order valence-corrected chi connectivity index (χ1v) is 6.94. The number of piperazine rings is 1. The van der Waals surface area contributed by atoms with Crippen LogP contribution in [-0.4, -0.2) is 57.9 Å². The van der Waals surface area contributed by atoms with Crippen LogP contribution in [0.3, 0.4) is 0 Å². The minimum Gasteiger partial charge on any atom is -0.338 e. The second-order valence-electron chi connectivity index (χ2n) is 5.28. The second kappa shape index (κ2) is 5.66. The number of nitrogens with two attached hydrogens (primary N) is 1. The van der Waals surface area contributed by atoms with Gasteiger partial charge in [0.05, 0.1) is 11.9 Å². The lowest BCUT2D eigenvalue weighted by atomic mass is 10.2.